The lowest BCUT2D eigenvalue weighted by Crippen LogP contribution is -2.21. The van der Waals surface area contributed by atoms with Crippen molar-refractivity contribution < 1.29 is 4.43 Å². The summed E-state index contributed by atoms with van der Waals surface area (Å²) in [5.74, 6) is 0. The van der Waals surface area contributed by atoms with Gasteiger partial charge in [0.2, 0.25) is 8.32 Å². The van der Waals surface area contributed by atoms with Gasteiger partial charge in [-0.25, -0.2) is 0 Å². The fraction of sp³-hybridized carbons (Fsp3) is 0.500. The normalized spacial score (nSPS) is 11.9. The van der Waals surface area contributed by atoms with Crippen LogP contribution in [0.5, 0.6) is 0 Å². The lowest BCUT2D eigenvalue weighted by molar-refractivity contribution is 0.478. The minimum atomic E-state index is -1.33. The van der Waals surface area contributed by atoms with Gasteiger partial charge in [-0.1, -0.05) is 6.08 Å². The number of hydrogen-bond acceptors (Lipinski definition) is 1. The second-order valence-electron chi connectivity index (χ2n) is 3.13. The fourth-order valence-electron chi connectivity index (χ4n) is 0.404. The van der Waals surface area contributed by atoms with Gasteiger partial charge in [0, 0.05) is 0 Å². The summed E-state index contributed by atoms with van der Waals surface area (Å²) in [6, 6.07) is 0. The monoisotopic (exact) mass is 156 g/mol. The Bertz CT molecular complexity index is 122. The van der Waals surface area contributed by atoms with Gasteiger partial charge in [-0.3, -0.25) is 0 Å². The van der Waals surface area contributed by atoms with Gasteiger partial charge in [-0.05, 0) is 32.1 Å². The number of allylic oxidation sites excluding steroid dienone is 2. The third-order valence-corrected chi connectivity index (χ3v) is 1.66. The summed E-state index contributed by atoms with van der Waals surface area (Å²) in [7, 11) is -1.33. The second-order valence-corrected chi connectivity index (χ2v) is 7.59. The highest BCUT2D eigenvalue weighted by Gasteiger charge is 2.12. The van der Waals surface area contributed by atoms with Gasteiger partial charge in [-0.2, -0.15) is 0 Å². The summed E-state index contributed by atoms with van der Waals surface area (Å²) in [5, 5.41) is 0. The lowest BCUT2D eigenvalue weighted by atomic mass is 10.4. The molecule has 0 spiro atoms. The molecule has 0 aliphatic rings. The molecule has 0 radical (unpaired) electrons. The molecule has 58 valence electrons. The van der Waals surface area contributed by atoms with E-state index in [-0.39, 0.29) is 0 Å². The van der Waals surface area contributed by atoms with Crippen LogP contribution in [0.2, 0.25) is 19.6 Å². The molecule has 0 amide bonds. The summed E-state index contributed by atoms with van der Waals surface area (Å²) in [6.45, 7) is 10.1. The van der Waals surface area contributed by atoms with Crippen molar-refractivity contribution in [3.8, 4) is 0 Å². The topological polar surface area (TPSA) is 9.23 Å². The van der Waals surface area contributed by atoms with Gasteiger partial charge in [0.1, 0.15) is 0 Å². The molecule has 0 fully saturated rings. The first-order valence-electron chi connectivity index (χ1n) is 3.50. The van der Waals surface area contributed by atoms with Crippen LogP contribution in [0.3, 0.4) is 0 Å². The molecular weight excluding hydrogens is 140 g/mol. The molecule has 0 unspecified atom stereocenters. The van der Waals surface area contributed by atoms with Crippen molar-refractivity contribution in [2.75, 3.05) is 0 Å². The molecular formula is C8H16OSi. The first-order chi connectivity index (χ1) is 4.56. The quantitative estimate of drug-likeness (QED) is 0.345. The van der Waals surface area contributed by atoms with Crippen LogP contribution in [0.4, 0.5) is 0 Å². The maximum Gasteiger partial charge on any atom is 0.241 e. The lowest BCUT2D eigenvalue weighted by Gasteiger charge is -2.14. The van der Waals surface area contributed by atoms with Crippen LogP contribution in [0, 0.1) is 0 Å². The Hall–Kier alpha value is -0.503. The predicted molar refractivity (Wildman–Crippen MR) is 48.4 cm³/mol. The van der Waals surface area contributed by atoms with Crippen molar-refractivity contribution >= 4 is 8.32 Å². The predicted octanol–water partition coefficient (Wildman–Crippen LogP) is 2.93. The van der Waals surface area contributed by atoms with E-state index < -0.39 is 8.32 Å². The van der Waals surface area contributed by atoms with E-state index >= 15 is 0 Å². The first kappa shape index (κ1) is 9.50. The van der Waals surface area contributed by atoms with Crippen molar-refractivity contribution in [3.63, 3.8) is 0 Å². The summed E-state index contributed by atoms with van der Waals surface area (Å²) < 4.78 is 5.44. The van der Waals surface area contributed by atoms with Gasteiger partial charge < -0.3 is 4.43 Å². The molecule has 0 aromatic rings. The largest absolute Gasteiger partial charge is 0.550 e. The van der Waals surface area contributed by atoms with Gasteiger partial charge in [0.25, 0.3) is 0 Å². The van der Waals surface area contributed by atoms with Crippen molar-refractivity contribution in [2.45, 2.75) is 26.1 Å². The molecule has 0 heterocycles. The standard InChI is InChI=1S/C8H16OSi/c1-5-6-7-8-9-10(2,3)4/h5,7-8H,1,6H2,2-4H3/b8-7+. The van der Waals surface area contributed by atoms with Gasteiger partial charge in [-0.15, -0.1) is 6.58 Å². The zero-order chi connectivity index (χ0) is 8.04. The highest BCUT2D eigenvalue weighted by molar-refractivity contribution is 6.69. The molecule has 0 rings (SSSR count). The van der Waals surface area contributed by atoms with Crippen molar-refractivity contribution in [2.24, 2.45) is 0 Å². The molecule has 0 aliphatic carbocycles. The van der Waals surface area contributed by atoms with E-state index in [4.69, 9.17) is 4.43 Å². The minimum absolute atomic E-state index is 0.893. The van der Waals surface area contributed by atoms with Gasteiger partial charge >= 0.3 is 0 Å². The Morgan fingerprint density at radius 3 is 2.40 bits per heavy atom. The Labute approximate surface area is 64.5 Å². The molecule has 2 heteroatoms. The summed E-state index contributed by atoms with van der Waals surface area (Å²) >= 11 is 0. The van der Waals surface area contributed by atoms with Crippen molar-refractivity contribution in [1.82, 2.24) is 0 Å². The van der Waals surface area contributed by atoms with Crippen LogP contribution >= 0.6 is 0 Å². The van der Waals surface area contributed by atoms with E-state index in [2.05, 4.69) is 26.2 Å². The van der Waals surface area contributed by atoms with Gasteiger partial charge in [0.05, 0.1) is 6.26 Å². The molecule has 0 aromatic heterocycles. The third-order valence-electron chi connectivity index (χ3n) is 0.821. The Morgan fingerprint density at radius 1 is 1.40 bits per heavy atom. The maximum atomic E-state index is 5.44. The van der Waals surface area contributed by atoms with Crippen LogP contribution in [-0.4, -0.2) is 8.32 Å². The summed E-state index contributed by atoms with van der Waals surface area (Å²) in [5.41, 5.74) is 0. The van der Waals surface area contributed by atoms with E-state index in [1.807, 2.05) is 12.2 Å². The van der Waals surface area contributed by atoms with Crippen LogP contribution in [0.15, 0.2) is 25.0 Å². The highest BCUT2D eigenvalue weighted by atomic mass is 28.4. The zero-order valence-corrected chi connectivity index (χ0v) is 8.05. The minimum Gasteiger partial charge on any atom is -0.550 e. The second kappa shape index (κ2) is 4.33. The molecule has 0 saturated heterocycles. The van der Waals surface area contributed by atoms with E-state index in [1.54, 1.807) is 6.26 Å². The molecule has 10 heavy (non-hydrogen) atoms. The zero-order valence-electron chi connectivity index (χ0n) is 7.05. The van der Waals surface area contributed by atoms with Crippen LogP contribution in [0.1, 0.15) is 6.42 Å². The van der Waals surface area contributed by atoms with E-state index in [1.165, 1.54) is 0 Å². The summed E-state index contributed by atoms with van der Waals surface area (Å²) in [4.78, 5) is 0. The molecule has 0 aromatic carbocycles. The van der Waals surface area contributed by atoms with Crippen molar-refractivity contribution in [1.29, 1.82) is 0 Å². The Morgan fingerprint density at radius 2 is 2.00 bits per heavy atom. The van der Waals surface area contributed by atoms with Crippen LogP contribution in [0.25, 0.3) is 0 Å². The smallest absolute Gasteiger partial charge is 0.241 e. The van der Waals surface area contributed by atoms with Crippen LogP contribution < -0.4 is 0 Å². The number of hydrogen-bond donors (Lipinski definition) is 0. The highest BCUT2D eigenvalue weighted by Crippen LogP contribution is 2.02. The fourth-order valence-corrected chi connectivity index (χ4v) is 0.908. The molecule has 0 atom stereocenters. The van der Waals surface area contributed by atoms with Crippen molar-refractivity contribution in [3.05, 3.63) is 25.0 Å². The maximum absolute atomic E-state index is 5.44. The summed E-state index contributed by atoms with van der Waals surface area (Å²) in [6.07, 6.45) is 6.51. The van der Waals surface area contributed by atoms with Crippen LogP contribution in [-0.2, 0) is 4.43 Å². The Balaban J connectivity index is 3.43. The first-order valence-corrected chi connectivity index (χ1v) is 6.91. The van der Waals surface area contributed by atoms with Gasteiger partial charge in [0.15, 0.2) is 0 Å². The third kappa shape index (κ3) is 7.50. The molecule has 0 N–H and O–H groups in total. The van der Waals surface area contributed by atoms with E-state index in [0.29, 0.717) is 0 Å². The van der Waals surface area contributed by atoms with E-state index in [0.717, 1.165) is 6.42 Å². The van der Waals surface area contributed by atoms with E-state index in [9.17, 15) is 0 Å². The average molecular weight is 156 g/mol. The SMILES string of the molecule is C=CC/C=C/O[Si](C)(C)C. The molecule has 0 bridgehead atoms. The molecule has 1 nitrogen and oxygen atoms in total. The average Bonchev–Trinajstić information content (AvgIpc) is 1.78. The number of rotatable bonds is 4. The molecule has 0 aliphatic heterocycles. The Kier molecular flexibility index (Phi) is 4.12. The molecule has 0 saturated carbocycles.